The Bertz CT molecular complexity index is 430. The molecule has 0 radical (unpaired) electrons. The number of nitrogens with zero attached hydrogens (tertiary/aromatic N) is 3. The second kappa shape index (κ2) is 7.83. The fourth-order valence-electron chi connectivity index (χ4n) is 1.68. The lowest BCUT2D eigenvalue weighted by molar-refractivity contribution is -0.134. The maximum Gasteiger partial charge on any atom is 0.313 e. The molecule has 19 heavy (non-hydrogen) atoms. The van der Waals surface area contributed by atoms with E-state index >= 15 is 0 Å². The van der Waals surface area contributed by atoms with Crippen molar-refractivity contribution < 1.29 is 14.7 Å². The standard InChI is InChI=1S/C12H19N3O3S/c1-3-14(4-2)10(16)5-7-15-8-6-13-12(15)19-9-11(17)18/h6,8H,3-5,7,9H2,1-2H3,(H,17,18). The van der Waals surface area contributed by atoms with Crippen LogP contribution in [-0.4, -0.2) is 50.3 Å². The molecule has 0 fully saturated rings. The molecule has 1 N–H and O–H groups in total. The number of thioether (sulfide) groups is 1. The molecular weight excluding hydrogens is 266 g/mol. The van der Waals surface area contributed by atoms with Gasteiger partial charge in [-0.1, -0.05) is 11.8 Å². The highest BCUT2D eigenvalue weighted by Crippen LogP contribution is 2.15. The number of amides is 1. The van der Waals surface area contributed by atoms with E-state index in [1.54, 1.807) is 17.3 Å². The summed E-state index contributed by atoms with van der Waals surface area (Å²) in [5.74, 6) is -0.798. The van der Waals surface area contributed by atoms with Crippen LogP contribution in [0.3, 0.4) is 0 Å². The number of imidazole rings is 1. The Labute approximate surface area is 116 Å². The lowest BCUT2D eigenvalue weighted by atomic mass is 10.3. The number of hydrogen-bond acceptors (Lipinski definition) is 4. The van der Waals surface area contributed by atoms with Gasteiger partial charge in [0.05, 0.1) is 5.75 Å². The lowest BCUT2D eigenvalue weighted by Gasteiger charge is -2.18. The van der Waals surface area contributed by atoms with E-state index < -0.39 is 5.97 Å². The summed E-state index contributed by atoms with van der Waals surface area (Å²) >= 11 is 1.16. The average molecular weight is 285 g/mol. The first-order valence-corrected chi connectivity index (χ1v) is 7.20. The second-order valence-corrected chi connectivity index (χ2v) is 4.84. The molecule has 1 amide bonds. The van der Waals surface area contributed by atoms with Crippen LogP contribution < -0.4 is 0 Å². The molecule has 0 atom stereocenters. The monoisotopic (exact) mass is 285 g/mol. The maximum absolute atomic E-state index is 11.9. The summed E-state index contributed by atoms with van der Waals surface area (Å²) < 4.78 is 1.81. The molecule has 0 aliphatic heterocycles. The van der Waals surface area contributed by atoms with Crippen molar-refractivity contribution in [1.29, 1.82) is 0 Å². The molecule has 0 saturated heterocycles. The molecule has 1 aromatic heterocycles. The predicted molar refractivity (Wildman–Crippen MR) is 73.1 cm³/mol. The van der Waals surface area contributed by atoms with Crippen LogP contribution in [-0.2, 0) is 16.1 Å². The van der Waals surface area contributed by atoms with Gasteiger partial charge in [0.25, 0.3) is 0 Å². The normalized spacial score (nSPS) is 10.4. The number of aliphatic carboxylic acids is 1. The second-order valence-electron chi connectivity index (χ2n) is 3.90. The zero-order valence-electron chi connectivity index (χ0n) is 11.2. The van der Waals surface area contributed by atoms with E-state index in [1.807, 2.05) is 18.4 Å². The van der Waals surface area contributed by atoms with Gasteiger partial charge in [-0.15, -0.1) is 0 Å². The van der Waals surface area contributed by atoms with Gasteiger partial charge in [0.2, 0.25) is 5.91 Å². The zero-order valence-corrected chi connectivity index (χ0v) is 12.0. The topological polar surface area (TPSA) is 75.4 Å². The molecule has 0 unspecified atom stereocenters. The van der Waals surface area contributed by atoms with Crippen LogP contribution in [0.25, 0.3) is 0 Å². The van der Waals surface area contributed by atoms with Crippen LogP contribution in [0.2, 0.25) is 0 Å². The highest BCUT2D eigenvalue weighted by molar-refractivity contribution is 7.99. The third-order valence-corrected chi connectivity index (χ3v) is 3.67. The van der Waals surface area contributed by atoms with Crippen molar-refractivity contribution in [2.75, 3.05) is 18.8 Å². The molecule has 0 aliphatic carbocycles. The van der Waals surface area contributed by atoms with Gasteiger partial charge in [0.1, 0.15) is 0 Å². The largest absolute Gasteiger partial charge is 0.481 e. The van der Waals surface area contributed by atoms with Gasteiger partial charge in [0.15, 0.2) is 5.16 Å². The number of carbonyl (C=O) groups is 2. The van der Waals surface area contributed by atoms with E-state index in [2.05, 4.69) is 4.98 Å². The number of carbonyl (C=O) groups excluding carboxylic acids is 1. The summed E-state index contributed by atoms with van der Waals surface area (Å²) in [4.78, 5) is 28.3. The van der Waals surface area contributed by atoms with Crippen molar-refractivity contribution in [1.82, 2.24) is 14.5 Å². The highest BCUT2D eigenvalue weighted by Gasteiger charge is 2.11. The van der Waals surface area contributed by atoms with Crippen molar-refractivity contribution in [2.45, 2.75) is 32.0 Å². The van der Waals surface area contributed by atoms with Crippen molar-refractivity contribution in [3.8, 4) is 0 Å². The van der Waals surface area contributed by atoms with Gasteiger partial charge in [-0.25, -0.2) is 4.98 Å². The van der Waals surface area contributed by atoms with Crippen LogP contribution >= 0.6 is 11.8 Å². The van der Waals surface area contributed by atoms with Crippen molar-refractivity contribution in [3.05, 3.63) is 12.4 Å². The van der Waals surface area contributed by atoms with Gasteiger partial charge >= 0.3 is 5.97 Å². The van der Waals surface area contributed by atoms with E-state index in [9.17, 15) is 9.59 Å². The van der Waals surface area contributed by atoms with Crippen LogP contribution in [0.15, 0.2) is 17.6 Å². The molecule has 106 valence electrons. The number of carboxylic acids is 1. The molecule has 0 aliphatic rings. The Hall–Kier alpha value is -1.50. The Kier molecular flexibility index (Phi) is 6.41. The summed E-state index contributed by atoms with van der Waals surface area (Å²) in [5, 5.41) is 9.27. The molecule has 6 nitrogen and oxygen atoms in total. The van der Waals surface area contributed by atoms with Crippen LogP contribution in [0, 0.1) is 0 Å². The summed E-state index contributed by atoms with van der Waals surface area (Å²) in [5.41, 5.74) is 0. The number of aryl methyl sites for hydroxylation is 1. The van der Waals surface area contributed by atoms with Gasteiger partial charge in [0, 0.05) is 38.4 Å². The highest BCUT2D eigenvalue weighted by atomic mass is 32.2. The van der Waals surface area contributed by atoms with E-state index in [-0.39, 0.29) is 11.7 Å². The van der Waals surface area contributed by atoms with Crippen molar-refractivity contribution in [3.63, 3.8) is 0 Å². The number of carboxylic acid groups (broad SMARTS) is 1. The predicted octanol–water partition coefficient (Wildman–Crippen LogP) is 1.32. The molecule has 0 saturated carbocycles. The fraction of sp³-hybridized carbons (Fsp3) is 0.583. The molecule has 7 heteroatoms. The van der Waals surface area contributed by atoms with Crippen molar-refractivity contribution >= 4 is 23.6 Å². The molecule has 1 heterocycles. The zero-order chi connectivity index (χ0) is 14.3. The summed E-state index contributed by atoms with van der Waals surface area (Å²) in [7, 11) is 0. The summed E-state index contributed by atoms with van der Waals surface area (Å²) in [6, 6.07) is 0. The molecular formula is C12H19N3O3S. The molecule has 1 aromatic rings. The average Bonchev–Trinajstić information content (AvgIpc) is 2.82. The minimum atomic E-state index is -0.876. The van der Waals surface area contributed by atoms with Gasteiger partial charge in [-0.3, -0.25) is 9.59 Å². The maximum atomic E-state index is 11.9. The van der Waals surface area contributed by atoms with Crippen LogP contribution in [0.4, 0.5) is 0 Å². The summed E-state index contributed by atoms with van der Waals surface area (Å²) in [6.07, 6.45) is 3.78. The Balaban J connectivity index is 2.51. The number of aromatic nitrogens is 2. The third kappa shape index (κ3) is 4.94. The first-order valence-electron chi connectivity index (χ1n) is 6.22. The molecule has 0 spiro atoms. The Morgan fingerprint density at radius 2 is 2.11 bits per heavy atom. The van der Waals surface area contributed by atoms with Crippen LogP contribution in [0.5, 0.6) is 0 Å². The quantitative estimate of drug-likeness (QED) is 0.729. The van der Waals surface area contributed by atoms with E-state index in [1.165, 1.54) is 0 Å². The Morgan fingerprint density at radius 1 is 1.42 bits per heavy atom. The van der Waals surface area contributed by atoms with Gasteiger partial charge < -0.3 is 14.6 Å². The SMILES string of the molecule is CCN(CC)C(=O)CCn1ccnc1SCC(=O)O. The van der Waals surface area contributed by atoms with E-state index in [0.717, 1.165) is 11.8 Å². The summed E-state index contributed by atoms with van der Waals surface area (Å²) in [6.45, 7) is 5.84. The van der Waals surface area contributed by atoms with E-state index in [4.69, 9.17) is 5.11 Å². The smallest absolute Gasteiger partial charge is 0.313 e. The van der Waals surface area contributed by atoms with Gasteiger partial charge in [-0.2, -0.15) is 0 Å². The fourth-order valence-corrected chi connectivity index (χ4v) is 2.39. The van der Waals surface area contributed by atoms with Crippen molar-refractivity contribution in [2.24, 2.45) is 0 Å². The molecule has 0 aromatic carbocycles. The minimum absolute atomic E-state index is 0.0268. The minimum Gasteiger partial charge on any atom is -0.481 e. The van der Waals surface area contributed by atoms with Crippen LogP contribution in [0.1, 0.15) is 20.3 Å². The number of rotatable bonds is 8. The van der Waals surface area contributed by atoms with Gasteiger partial charge in [-0.05, 0) is 13.8 Å². The molecule has 0 bridgehead atoms. The molecule has 1 rings (SSSR count). The number of hydrogen-bond donors (Lipinski definition) is 1. The first-order chi connectivity index (χ1) is 9.08. The Morgan fingerprint density at radius 3 is 2.68 bits per heavy atom. The lowest BCUT2D eigenvalue weighted by Crippen LogP contribution is -2.31. The third-order valence-electron chi connectivity index (χ3n) is 2.68. The first kappa shape index (κ1) is 15.6. The van der Waals surface area contributed by atoms with E-state index in [0.29, 0.717) is 31.2 Å².